The van der Waals surface area contributed by atoms with Gasteiger partial charge in [-0.15, -0.1) is 6.58 Å². The number of hydrogen-bond donors (Lipinski definition) is 0. The fourth-order valence-corrected chi connectivity index (χ4v) is 1.69. The van der Waals surface area contributed by atoms with Gasteiger partial charge in [0.15, 0.2) is 0 Å². The van der Waals surface area contributed by atoms with Crippen molar-refractivity contribution in [2.24, 2.45) is 0 Å². The molecule has 0 aliphatic carbocycles. The summed E-state index contributed by atoms with van der Waals surface area (Å²) in [5.74, 6) is -1.76. The van der Waals surface area contributed by atoms with Crippen LogP contribution in [0.2, 0.25) is 0 Å². The quantitative estimate of drug-likeness (QED) is 0.608. The Morgan fingerprint density at radius 2 is 2.00 bits per heavy atom. The predicted octanol–water partition coefficient (Wildman–Crippen LogP) is 3.88. The number of halogens is 4. The summed E-state index contributed by atoms with van der Waals surface area (Å²) in [6, 6.07) is 1.52. The summed E-state index contributed by atoms with van der Waals surface area (Å²) in [4.78, 5) is 13.4. The maximum atomic E-state index is 13.6. The van der Waals surface area contributed by atoms with E-state index in [4.69, 9.17) is 0 Å². The van der Waals surface area contributed by atoms with Crippen LogP contribution in [-0.2, 0) is 6.18 Å². The Labute approximate surface area is 114 Å². The van der Waals surface area contributed by atoms with Gasteiger partial charge in [-0.2, -0.15) is 13.2 Å². The third-order valence-electron chi connectivity index (χ3n) is 2.73. The molecule has 0 heterocycles. The molecular weight excluding hydrogens is 274 g/mol. The van der Waals surface area contributed by atoms with Crippen LogP contribution in [0.3, 0.4) is 0 Å². The molecule has 0 aliphatic heterocycles. The van der Waals surface area contributed by atoms with Crippen LogP contribution in [0.15, 0.2) is 30.9 Å². The summed E-state index contributed by atoms with van der Waals surface area (Å²) in [6.45, 7) is 6.98. The highest BCUT2D eigenvalue weighted by Crippen LogP contribution is 2.30. The fourth-order valence-electron chi connectivity index (χ4n) is 1.69. The van der Waals surface area contributed by atoms with E-state index in [1.165, 1.54) is 11.0 Å². The number of carbonyl (C=O) groups is 1. The second-order valence-electron chi connectivity index (χ2n) is 4.53. The van der Waals surface area contributed by atoms with Crippen molar-refractivity contribution in [2.75, 3.05) is 6.54 Å². The molecular formula is C14H15F4NO. The van der Waals surface area contributed by atoms with Crippen molar-refractivity contribution in [3.8, 4) is 0 Å². The summed E-state index contributed by atoms with van der Waals surface area (Å²) >= 11 is 0. The summed E-state index contributed by atoms with van der Waals surface area (Å²) < 4.78 is 51.5. The molecule has 0 saturated heterocycles. The lowest BCUT2D eigenvalue weighted by molar-refractivity contribution is -0.137. The first-order chi connectivity index (χ1) is 9.18. The van der Waals surface area contributed by atoms with E-state index in [9.17, 15) is 22.4 Å². The molecule has 6 heteroatoms. The van der Waals surface area contributed by atoms with Gasteiger partial charge in [0.2, 0.25) is 0 Å². The summed E-state index contributed by atoms with van der Waals surface area (Å²) in [5, 5.41) is 0. The van der Waals surface area contributed by atoms with Crippen molar-refractivity contribution < 1.29 is 22.4 Å². The maximum Gasteiger partial charge on any atom is 0.416 e. The first-order valence-corrected chi connectivity index (χ1v) is 5.97. The van der Waals surface area contributed by atoms with Crippen molar-refractivity contribution in [3.05, 3.63) is 47.8 Å². The van der Waals surface area contributed by atoms with Gasteiger partial charge in [0.05, 0.1) is 11.1 Å². The van der Waals surface area contributed by atoms with Gasteiger partial charge in [-0.25, -0.2) is 4.39 Å². The van der Waals surface area contributed by atoms with Crippen molar-refractivity contribution in [1.29, 1.82) is 0 Å². The number of amides is 1. The minimum Gasteiger partial charge on any atom is -0.332 e. The first kappa shape index (κ1) is 16.2. The zero-order valence-corrected chi connectivity index (χ0v) is 11.2. The van der Waals surface area contributed by atoms with Gasteiger partial charge >= 0.3 is 6.18 Å². The van der Waals surface area contributed by atoms with Crippen LogP contribution >= 0.6 is 0 Å². The van der Waals surface area contributed by atoms with Crippen molar-refractivity contribution in [2.45, 2.75) is 26.1 Å². The normalized spacial score (nSPS) is 11.6. The van der Waals surface area contributed by atoms with Gasteiger partial charge in [-0.05, 0) is 32.0 Å². The predicted molar refractivity (Wildman–Crippen MR) is 67.8 cm³/mol. The van der Waals surface area contributed by atoms with E-state index in [1.807, 2.05) is 0 Å². The van der Waals surface area contributed by atoms with Crippen LogP contribution in [0, 0.1) is 5.82 Å². The Morgan fingerprint density at radius 1 is 1.40 bits per heavy atom. The molecule has 0 aliphatic rings. The molecule has 20 heavy (non-hydrogen) atoms. The second-order valence-corrected chi connectivity index (χ2v) is 4.53. The molecule has 110 valence electrons. The van der Waals surface area contributed by atoms with E-state index in [0.717, 1.165) is 0 Å². The number of nitrogens with zero attached hydrogens (tertiary/aromatic N) is 1. The average Bonchev–Trinajstić information content (AvgIpc) is 2.34. The lowest BCUT2D eigenvalue weighted by Gasteiger charge is -2.25. The Kier molecular flexibility index (Phi) is 4.92. The van der Waals surface area contributed by atoms with Gasteiger partial charge in [-0.1, -0.05) is 6.08 Å². The van der Waals surface area contributed by atoms with E-state index >= 15 is 0 Å². The van der Waals surface area contributed by atoms with Crippen LogP contribution in [0.25, 0.3) is 0 Å². The topological polar surface area (TPSA) is 20.3 Å². The van der Waals surface area contributed by atoms with Gasteiger partial charge < -0.3 is 4.90 Å². The summed E-state index contributed by atoms with van der Waals surface area (Å²) in [5.41, 5.74) is -1.64. The molecule has 0 saturated carbocycles. The minimum atomic E-state index is -4.62. The van der Waals surface area contributed by atoms with Crippen LogP contribution < -0.4 is 0 Å². The summed E-state index contributed by atoms with van der Waals surface area (Å²) in [7, 11) is 0. The molecule has 0 unspecified atom stereocenters. The van der Waals surface area contributed by atoms with E-state index < -0.39 is 29.0 Å². The van der Waals surface area contributed by atoms with Crippen LogP contribution in [0.4, 0.5) is 17.6 Å². The number of rotatable bonds is 4. The number of hydrogen-bond acceptors (Lipinski definition) is 1. The molecule has 0 aromatic heterocycles. The molecule has 0 fully saturated rings. The van der Waals surface area contributed by atoms with Crippen molar-refractivity contribution in [1.82, 2.24) is 4.90 Å². The van der Waals surface area contributed by atoms with Gasteiger partial charge in [-0.3, -0.25) is 4.79 Å². The highest BCUT2D eigenvalue weighted by molar-refractivity contribution is 5.95. The van der Waals surface area contributed by atoms with E-state index in [0.29, 0.717) is 18.2 Å². The molecule has 0 bridgehead atoms. The van der Waals surface area contributed by atoms with Gasteiger partial charge in [0.25, 0.3) is 5.91 Å². The van der Waals surface area contributed by atoms with Crippen molar-refractivity contribution in [3.63, 3.8) is 0 Å². The van der Waals surface area contributed by atoms with Crippen LogP contribution in [0.1, 0.15) is 29.8 Å². The Bertz CT molecular complexity index is 508. The van der Waals surface area contributed by atoms with E-state index in [1.54, 1.807) is 13.8 Å². The highest BCUT2D eigenvalue weighted by Gasteiger charge is 2.32. The molecule has 0 radical (unpaired) electrons. The van der Waals surface area contributed by atoms with Crippen molar-refractivity contribution >= 4 is 5.91 Å². The Hall–Kier alpha value is -1.85. The molecule has 0 atom stereocenters. The number of carbonyl (C=O) groups excluding carboxylic acids is 1. The molecule has 1 aromatic carbocycles. The highest BCUT2D eigenvalue weighted by atomic mass is 19.4. The SMILES string of the molecule is C=CCN(C(=O)c1cc(C(F)(F)F)ccc1F)C(C)C. The standard InChI is InChI=1S/C14H15F4NO/c1-4-7-19(9(2)3)13(20)11-8-10(14(16,17)18)5-6-12(11)15/h4-6,8-9H,1,7H2,2-3H3. The Morgan fingerprint density at radius 3 is 2.45 bits per heavy atom. The Balaban J connectivity index is 3.23. The molecule has 0 N–H and O–H groups in total. The molecule has 0 spiro atoms. The molecule has 1 rings (SSSR count). The molecule has 2 nitrogen and oxygen atoms in total. The van der Waals surface area contributed by atoms with Gasteiger partial charge in [0, 0.05) is 12.6 Å². The third-order valence-corrected chi connectivity index (χ3v) is 2.73. The number of alkyl halides is 3. The zero-order chi connectivity index (χ0) is 15.5. The van der Waals surface area contributed by atoms with E-state index in [2.05, 4.69) is 6.58 Å². The smallest absolute Gasteiger partial charge is 0.332 e. The number of benzene rings is 1. The van der Waals surface area contributed by atoms with E-state index in [-0.39, 0.29) is 12.6 Å². The average molecular weight is 289 g/mol. The lowest BCUT2D eigenvalue weighted by atomic mass is 10.1. The molecule has 1 amide bonds. The monoisotopic (exact) mass is 289 g/mol. The first-order valence-electron chi connectivity index (χ1n) is 5.97. The largest absolute Gasteiger partial charge is 0.416 e. The summed E-state index contributed by atoms with van der Waals surface area (Å²) in [6.07, 6.45) is -3.19. The fraction of sp³-hybridized carbons (Fsp3) is 0.357. The zero-order valence-electron chi connectivity index (χ0n) is 11.2. The van der Waals surface area contributed by atoms with Crippen LogP contribution in [0.5, 0.6) is 0 Å². The lowest BCUT2D eigenvalue weighted by Crippen LogP contribution is -2.37. The van der Waals surface area contributed by atoms with Gasteiger partial charge in [0.1, 0.15) is 5.82 Å². The minimum absolute atomic E-state index is 0.131. The third kappa shape index (κ3) is 3.59. The van der Waals surface area contributed by atoms with Crippen LogP contribution in [-0.4, -0.2) is 23.4 Å². The maximum absolute atomic E-state index is 13.6. The molecule has 1 aromatic rings. The second kappa shape index (κ2) is 6.07.